The van der Waals surface area contributed by atoms with Crippen LogP contribution in [-0.2, 0) is 0 Å². The van der Waals surface area contributed by atoms with E-state index in [9.17, 15) is 14.0 Å². The van der Waals surface area contributed by atoms with E-state index in [0.717, 1.165) is 0 Å². The van der Waals surface area contributed by atoms with Gasteiger partial charge in [-0.2, -0.15) is 0 Å². The summed E-state index contributed by atoms with van der Waals surface area (Å²) in [5.74, 6) is -0.988. The Morgan fingerprint density at radius 2 is 1.89 bits per heavy atom. The van der Waals surface area contributed by atoms with E-state index < -0.39 is 11.7 Å². The number of hydrogen-bond acceptors (Lipinski definition) is 3. The van der Waals surface area contributed by atoms with Crippen LogP contribution in [0.15, 0.2) is 47.1 Å². The molecular formula is C13H10FNO3. The van der Waals surface area contributed by atoms with Crippen LogP contribution in [0.1, 0.15) is 20.9 Å². The number of amides is 1. The smallest absolute Gasteiger partial charge is 0.251 e. The Kier molecular flexibility index (Phi) is 3.52. The summed E-state index contributed by atoms with van der Waals surface area (Å²) in [4.78, 5) is 23.1. The van der Waals surface area contributed by atoms with Gasteiger partial charge in [-0.25, -0.2) is 4.39 Å². The number of rotatable bonds is 4. The van der Waals surface area contributed by atoms with Crippen LogP contribution in [0.4, 0.5) is 4.39 Å². The fourth-order valence-electron chi connectivity index (χ4n) is 1.39. The van der Waals surface area contributed by atoms with Crippen molar-refractivity contribution in [2.45, 2.75) is 0 Å². The summed E-state index contributed by atoms with van der Waals surface area (Å²) in [6.07, 6.45) is 1.38. The van der Waals surface area contributed by atoms with Gasteiger partial charge in [-0.1, -0.05) is 0 Å². The molecule has 0 saturated carbocycles. The van der Waals surface area contributed by atoms with Gasteiger partial charge in [-0.3, -0.25) is 9.59 Å². The molecule has 1 heterocycles. The molecular weight excluding hydrogens is 237 g/mol. The summed E-state index contributed by atoms with van der Waals surface area (Å²) in [5.41, 5.74) is 0.295. The van der Waals surface area contributed by atoms with Gasteiger partial charge in [0.25, 0.3) is 5.91 Å². The number of nitrogens with one attached hydrogen (secondary N) is 1. The lowest BCUT2D eigenvalue weighted by molar-refractivity contribution is 0.0892. The van der Waals surface area contributed by atoms with Crippen molar-refractivity contribution in [1.29, 1.82) is 0 Å². The number of Topliss-reactive ketones (excluding diaryl/α,β-unsaturated/α-hetero) is 1. The number of ketones is 1. The quantitative estimate of drug-likeness (QED) is 0.841. The maximum absolute atomic E-state index is 12.7. The molecule has 0 aliphatic carbocycles. The number of benzene rings is 1. The molecule has 92 valence electrons. The first-order valence-electron chi connectivity index (χ1n) is 5.27. The molecule has 0 spiro atoms. The Bertz CT molecular complexity index is 546. The van der Waals surface area contributed by atoms with Gasteiger partial charge in [-0.05, 0) is 36.4 Å². The minimum absolute atomic E-state index is 0.163. The fraction of sp³-hybridized carbons (Fsp3) is 0.0769. The van der Waals surface area contributed by atoms with Crippen molar-refractivity contribution in [2.24, 2.45) is 0 Å². The molecule has 0 atom stereocenters. The zero-order chi connectivity index (χ0) is 13.0. The van der Waals surface area contributed by atoms with Crippen molar-refractivity contribution in [3.8, 4) is 0 Å². The normalized spacial score (nSPS) is 10.1. The van der Waals surface area contributed by atoms with E-state index in [-0.39, 0.29) is 18.1 Å². The topological polar surface area (TPSA) is 59.3 Å². The van der Waals surface area contributed by atoms with E-state index in [1.54, 1.807) is 6.07 Å². The molecule has 0 radical (unpaired) electrons. The summed E-state index contributed by atoms with van der Waals surface area (Å²) >= 11 is 0. The lowest BCUT2D eigenvalue weighted by atomic mass is 10.2. The zero-order valence-corrected chi connectivity index (χ0v) is 9.35. The summed E-state index contributed by atoms with van der Waals surface area (Å²) in [5, 5.41) is 2.44. The number of halogens is 1. The third-order valence-corrected chi connectivity index (χ3v) is 2.31. The zero-order valence-electron chi connectivity index (χ0n) is 9.35. The van der Waals surface area contributed by atoms with Crippen molar-refractivity contribution in [2.75, 3.05) is 6.54 Å². The Labute approximate surface area is 102 Å². The van der Waals surface area contributed by atoms with Gasteiger partial charge < -0.3 is 9.73 Å². The number of hydrogen-bond donors (Lipinski definition) is 1. The van der Waals surface area contributed by atoms with Gasteiger partial charge >= 0.3 is 0 Å². The van der Waals surface area contributed by atoms with Gasteiger partial charge in [0.05, 0.1) is 12.8 Å². The molecule has 0 bridgehead atoms. The SMILES string of the molecule is O=C(NCC(=O)c1ccco1)c1ccc(F)cc1. The highest BCUT2D eigenvalue weighted by molar-refractivity contribution is 6.00. The van der Waals surface area contributed by atoms with Gasteiger partial charge in [0.15, 0.2) is 5.76 Å². The van der Waals surface area contributed by atoms with Gasteiger partial charge in [0.1, 0.15) is 5.82 Å². The summed E-state index contributed by atoms with van der Waals surface area (Å²) in [7, 11) is 0. The highest BCUT2D eigenvalue weighted by atomic mass is 19.1. The number of carbonyl (C=O) groups excluding carboxylic acids is 2. The Morgan fingerprint density at radius 3 is 2.50 bits per heavy atom. The van der Waals surface area contributed by atoms with Crippen LogP contribution < -0.4 is 5.32 Å². The first kappa shape index (κ1) is 12.0. The second-order valence-electron chi connectivity index (χ2n) is 3.59. The molecule has 1 aromatic heterocycles. The molecule has 2 aromatic rings. The van der Waals surface area contributed by atoms with Gasteiger partial charge in [0.2, 0.25) is 5.78 Å². The van der Waals surface area contributed by atoms with Crippen molar-refractivity contribution in [1.82, 2.24) is 5.32 Å². The molecule has 0 unspecified atom stereocenters. The molecule has 1 amide bonds. The van der Waals surface area contributed by atoms with Crippen LogP contribution in [0.5, 0.6) is 0 Å². The summed E-state index contributed by atoms with van der Waals surface area (Å²) in [6, 6.07) is 8.18. The van der Waals surface area contributed by atoms with E-state index in [4.69, 9.17) is 4.42 Å². The standard InChI is InChI=1S/C13H10FNO3/c14-10-5-3-9(4-6-10)13(17)15-8-11(16)12-2-1-7-18-12/h1-7H,8H2,(H,15,17). The molecule has 0 fully saturated rings. The van der Waals surface area contributed by atoms with Crippen LogP contribution in [0.25, 0.3) is 0 Å². The minimum Gasteiger partial charge on any atom is -0.461 e. The maximum Gasteiger partial charge on any atom is 0.251 e. The molecule has 5 heteroatoms. The van der Waals surface area contributed by atoms with Crippen LogP contribution in [0, 0.1) is 5.82 Å². The maximum atomic E-state index is 12.7. The van der Waals surface area contributed by atoms with Crippen molar-refractivity contribution < 1.29 is 18.4 Å². The molecule has 18 heavy (non-hydrogen) atoms. The molecule has 0 aliphatic rings. The number of furan rings is 1. The molecule has 0 saturated heterocycles. The van der Waals surface area contributed by atoms with Gasteiger partial charge in [0, 0.05) is 5.56 Å². The third-order valence-electron chi connectivity index (χ3n) is 2.31. The van der Waals surface area contributed by atoms with Crippen LogP contribution in [0.3, 0.4) is 0 Å². The predicted octanol–water partition coefficient (Wildman–Crippen LogP) is 2.03. The monoisotopic (exact) mass is 247 g/mol. The van der Waals surface area contributed by atoms with E-state index >= 15 is 0 Å². The highest BCUT2D eigenvalue weighted by Crippen LogP contribution is 2.03. The average molecular weight is 247 g/mol. The lowest BCUT2D eigenvalue weighted by Crippen LogP contribution is -2.29. The minimum atomic E-state index is -0.435. The second kappa shape index (κ2) is 5.27. The van der Waals surface area contributed by atoms with Crippen LogP contribution in [0.2, 0.25) is 0 Å². The van der Waals surface area contributed by atoms with Crippen molar-refractivity contribution in [3.63, 3.8) is 0 Å². The molecule has 1 aromatic carbocycles. The van der Waals surface area contributed by atoms with Crippen LogP contribution in [-0.4, -0.2) is 18.2 Å². The summed E-state index contributed by atoms with van der Waals surface area (Å²) in [6.45, 7) is -0.163. The van der Waals surface area contributed by atoms with E-state index in [0.29, 0.717) is 5.56 Å². The van der Waals surface area contributed by atoms with Gasteiger partial charge in [-0.15, -0.1) is 0 Å². The Hall–Kier alpha value is -2.43. The predicted molar refractivity (Wildman–Crippen MR) is 61.8 cm³/mol. The van der Waals surface area contributed by atoms with E-state index in [2.05, 4.69) is 5.32 Å². The molecule has 1 N–H and O–H groups in total. The largest absolute Gasteiger partial charge is 0.461 e. The molecule has 4 nitrogen and oxygen atoms in total. The average Bonchev–Trinajstić information content (AvgIpc) is 2.90. The first-order valence-corrected chi connectivity index (χ1v) is 5.27. The first-order chi connectivity index (χ1) is 8.66. The Balaban J connectivity index is 1.92. The highest BCUT2D eigenvalue weighted by Gasteiger charge is 2.11. The van der Waals surface area contributed by atoms with E-state index in [1.807, 2.05) is 0 Å². The fourth-order valence-corrected chi connectivity index (χ4v) is 1.39. The summed E-state index contributed by atoms with van der Waals surface area (Å²) < 4.78 is 17.6. The lowest BCUT2D eigenvalue weighted by Gasteiger charge is -2.03. The van der Waals surface area contributed by atoms with E-state index in [1.165, 1.54) is 36.6 Å². The van der Waals surface area contributed by atoms with Crippen LogP contribution >= 0.6 is 0 Å². The second-order valence-corrected chi connectivity index (χ2v) is 3.59. The Morgan fingerprint density at radius 1 is 1.17 bits per heavy atom. The third kappa shape index (κ3) is 2.82. The van der Waals surface area contributed by atoms with Crippen molar-refractivity contribution in [3.05, 3.63) is 59.8 Å². The molecule has 0 aliphatic heterocycles. The molecule has 2 rings (SSSR count). The number of carbonyl (C=O) groups is 2. The van der Waals surface area contributed by atoms with Crippen molar-refractivity contribution >= 4 is 11.7 Å².